The summed E-state index contributed by atoms with van der Waals surface area (Å²) in [5.74, 6) is 1.13. The van der Waals surface area contributed by atoms with E-state index in [0.29, 0.717) is 26.1 Å². The lowest BCUT2D eigenvalue weighted by molar-refractivity contribution is -0.133. The van der Waals surface area contributed by atoms with Crippen molar-refractivity contribution in [3.63, 3.8) is 0 Å². The molecule has 0 radical (unpaired) electrons. The van der Waals surface area contributed by atoms with E-state index in [2.05, 4.69) is 43.0 Å². The van der Waals surface area contributed by atoms with Crippen molar-refractivity contribution in [3.05, 3.63) is 51.9 Å². The van der Waals surface area contributed by atoms with Gasteiger partial charge >= 0.3 is 0 Å². The largest absolute Gasteiger partial charge is 0.387 e. The summed E-state index contributed by atoms with van der Waals surface area (Å²) in [7, 11) is 1.69. The van der Waals surface area contributed by atoms with Crippen molar-refractivity contribution in [2.24, 2.45) is 0 Å². The molecule has 9 heteroatoms. The molecule has 0 saturated carbocycles. The van der Waals surface area contributed by atoms with Gasteiger partial charge in [-0.1, -0.05) is 35.0 Å². The van der Waals surface area contributed by atoms with Gasteiger partial charge in [0.1, 0.15) is 12.1 Å². The fourth-order valence-corrected chi connectivity index (χ4v) is 5.25. The van der Waals surface area contributed by atoms with Crippen molar-refractivity contribution in [1.29, 1.82) is 0 Å². The number of nitrogens with one attached hydrogen (secondary N) is 1. The minimum atomic E-state index is -0.515. The molecule has 2 aliphatic rings. The van der Waals surface area contributed by atoms with E-state index in [9.17, 15) is 9.90 Å². The molecule has 1 fully saturated rings. The number of carbonyl (C=O) groups excluding carboxylic acids is 1. The second kappa shape index (κ2) is 11.6. The third-order valence-corrected chi connectivity index (χ3v) is 7.36. The Balaban J connectivity index is 1.42. The van der Waals surface area contributed by atoms with Crippen LogP contribution in [-0.4, -0.2) is 78.9 Å². The Morgan fingerprint density at radius 3 is 2.65 bits per heavy atom. The van der Waals surface area contributed by atoms with Gasteiger partial charge in [-0.15, -0.1) is 0 Å². The molecule has 184 valence electrons. The maximum absolute atomic E-state index is 13.6. The normalized spacial score (nSPS) is 20.9. The Kier molecular flexibility index (Phi) is 8.52. The van der Waals surface area contributed by atoms with Gasteiger partial charge in [-0.25, -0.2) is 9.97 Å². The molecule has 2 heterocycles. The number of aliphatic hydroxyl groups excluding tert-OH is 1. The van der Waals surface area contributed by atoms with E-state index in [4.69, 9.17) is 4.74 Å². The molecule has 4 rings (SSSR count). The van der Waals surface area contributed by atoms with Crippen molar-refractivity contribution in [1.82, 2.24) is 20.2 Å². The molecule has 0 unspecified atom stereocenters. The van der Waals surface area contributed by atoms with E-state index in [-0.39, 0.29) is 17.7 Å². The maximum Gasteiger partial charge on any atom is 0.230 e. The Morgan fingerprint density at radius 2 is 1.94 bits per heavy atom. The number of nitrogens with zero attached hydrogens (tertiary/aromatic N) is 4. The molecular weight excluding hydrogens is 498 g/mol. The zero-order valence-electron chi connectivity index (χ0n) is 19.9. The maximum atomic E-state index is 13.6. The van der Waals surface area contributed by atoms with E-state index < -0.39 is 6.10 Å². The van der Waals surface area contributed by atoms with E-state index in [0.717, 1.165) is 59.7 Å². The molecular formula is C25H34BrN5O3. The average molecular weight is 532 g/mol. The molecule has 1 amide bonds. The monoisotopic (exact) mass is 531 g/mol. The van der Waals surface area contributed by atoms with Crippen molar-refractivity contribution in [2.45, 2.75) is 37.7 Å². The third-order valence-electron chi connectivity index (χ3n) is 6.83. The number of hydrogen-bond acceptors (Lipinski definition) is 7. The van der Waals surface area contributed by atoms with Crippen LogP contribution in [0.4, 0.5) is 5.82 Å². The highest BCUT2D eigenvalue weighted by Crippen LogP contribution is 2.42. The summed E-state index contributed by atoms with van der Waals surface area (Å²) >= 11 is 3.49. The minimum Gasteiger partial charge on any atom is -0.387 e. The minimum absolute atomic E-state index is 0.173. The molecule has 1 aromatic carbocycles. The molecule has 1 aliphatic heterocycles. The lowest BCUT2D eigenvalue weighted by atomic mass is 9.93. The zero-order valence-corrected chi connectivity index (χ0v) is 21.5. The predicted octanol–water partition coefficient (Wildman–Crippen LogP) is 2.84. The molecule has 8 nitrogen and oxygen atoms in total. The van der Waals surface area contributed by atoms with Gasteiger partial charge in [0.15, 0.2) is 0 Å². The van der Waals surface area contributed by atoms with Crippen LogP contribution < -0.4 is 10.2 Å². The highest BCUT2D eigenvalue weighted by Gasteiger charge is 2.35. The number of rotatable bonds is 9. The molecule has 1 aliphatic carbocycles. The summed E-state index contributed by atoms with van der Waals surface area (Å²) in [6.45, 7) is 7.04. The fourth-order valence-electron chi connectivity index (χ4n) is 4.99. The van der Waals surface area contributed by atoms with Gasteiger partial charge in [0.05, 0.1) is 24.3 Å². The summed E-state index contributed by atoms with van der Waals surface area (Å²) in [6, 6.07) is 8.07. The smallest absolute Gasteiger partial charge is 0.230 e. The molecule has 2 aromatic rings. The Hall–Kier alpha value is -2.07. The number of aromatic nitrogens is 2. The Bertz CT molecular complexity index is 966. The summed E-state index contributed by atoms with van der Waals surface area (Å²) in [6.07, 6.45) is 2.46. The Labute approximate surface area is 209 Å². The fraction of sp³-hybridized carbons (Fsp3) is 0.560. The molecule has 3 atom stereocenters. The average Bonchev–Trinajstić information content (AvgIpc) is 3.15. The van der Waals surface area contributed by atoms with Crippen molar-refractivity contribution < 1.29 is 14.6 Å². The number of hydrogen-bond donors (Lipinski definition) is 2. The van der Waals surface area contributed by atoms with Crippen molar-refractivity contribution in [3.8, 4) is 0 Å². The number of carbonyl (C=O) groups is 1. The third kappa shape index (κ3) is 5.59. The van der Waals surface area contributed by atoms with Gasteiger partial charge in [0.2, 0.25) is 5.91 Å². The molecule has 34 heavy (non-hydrogen) atoms. The highest BCUT2D eigenvalue weighted by atomic mass is 79.9. The first-order valence-corrected chi connectivity index (χ1v) is 12.8. The van der Waals surface area contributed by atoms with E-state index in [1.165, 1.54) is 0 Å². The number of methoxy groups -OCH3 is 1. The van der Waals surface area contributed by atoms with Gasteiger partial charge in [0.25, 0.3) is 0 Å². The van der Waals surface area contributed by atoms with E-state index in [1.807, 2.05) is 29.2 Å². The second-order valence-corrected chi connectivity index (χ2v) is 10.0. The predicted molar refractivity (Wildman–Crippen MR) is 135 cm³/mol. The lowest BCUT2D eigenvalue weighted by Gasteiger charge is -2.38. The van der Waals surface area contributed by atoms with Crippen LogP contribution >= 0.6 is 15.9 Å². The van der Waals surface area contributed by atoms with Crippen LogP contribution in [0.2, 0.25) is 0 Å². The van der Waals surface area contributed by atoms with Gasteiger partial charge in [0, 0.05) is 49.9 Å². The quantitative estimate of drug-likeness (QED) is 0.480. The van der Waals surface area contributed by atoms with E-state index in [1.54, 1.807) is 13.4 Å². The first-order valence-electron chi connectivity index (χ1n) is 12.0. The molecule has 1 aromatic heterocycles. The zero-order chi connectivity index (χ0) is 24.1. The number of piperazine rings is 1. The van der Waals surface area contributed by atoms with Crippen LogP contribution in [0.15, 0.2) is 35.1 Å². The summed E-state index contributed by atoms with van der Waals surface area (Å²) < 4.78 is 6.11. The summed E-state index contributed by atoms with van der Waals surface area (Å²) in [5, 5.41) is 13.7. The number of amides is 1. The second-order valence-electron chi connectivity index (χ2n) is 9.10. The van der Waals surface area contributed by atoms with Crippen LogP contribution in [0.3, 0.4) is 0 Å². The molecule has 1 saturated heterocycles. The number of fused-ring (bicyclic) bond motifs is 1. The first kappa shape index (κ1) is 25.0. The number of aliphatic hydroxyl groups is 1. The van der Waals surface area contributed by atoms with Crippen LogP contribution in [0.25, 0.3) is 0 Å². The van der Waals surface area contributed by atoms with Gasteiger partial charge in [-0.3, -0.25) is 4.79 Å². The van der Waals surface area contributed by atoms with Gasteiger partial charge < -0.3 is 25.0 Å². The van der Waals surface area contributed by atoms with Crippen LogP contribution in [0.5, 0.6) is 0 Å². The topological polar surface area (TPSA) is 90.8 Å². The first-order chi connectivity index (χ1) is 16.5. The highest BCUT2D eigenvalue weighted by molar-refractivity contribution is 9.10. The number of benzene rings is 1. The van der Waals surface area contributed by atoms with Crippen molar-refractivity contribution in [2.75, 3.05) is 57.9 Å². The van der Waals surface area contributed by atoms with Crippen LogP contribution in [0, 0.1) is 0 Å². The van der Waals surface area contributed by atoms with Gasteiger partial charge in [-0.2, -0.15) is 0 Å². The summed E-state index contributed by atoms with van der Waals surface area (Å²) in [4.78, 5) is 26.7. The van der Waals surface area contributed by atoms with Crippen LogP contribution in [0.1, 0.15) is 54.5 Å². The Morgan fingerprint density at radius 1 is 1.21 bits per heavy atom. The van der Waals surface area contributed by atoms with E-state index >= 15 is 0 Å². The van der Waals surface area contributed by atoms with Crippen LogP contribution in [-0.2, 0) is 9.53 Å². The lowest BCUT2D eigenvalue weighted by Crippen LogP contribution is -2.50. The standard InChI is InChI=1S/C25H34BrN5O3/c1-17-15-21(32)23-22(17)24(29-16-28-23)30-10-12-31(13-11-30)25(33)20(7-8-27-9-14-34-2)18-3-5-19(26)6-4-18/h3-6,16-17,20-21,27,32H,7-15H2,1-2H3/t17-,20-,21-/m1/s1. The SMILES string of the molecule is COCCNCC[C@@H](C(=O)N1CCN(c2ncnc3c2[C@H](C)C[C@H]3O)CC1)c1ccc(Br)cc1. The molecule has 0 spiro atoms. The number of ether oxygens (including phenoxy) is 1. The van der Waals surface area contributed by atoms with Gasteiger partial charge in [-0.05, 0) is 43.0 Å². The molecule has 2 N–H and O–H groups in total. The number of anilines is 1. The summed E-state index contributed by atoms with van der Waals surface area (Å²) in [5.41, 5.74) is 2.86. The number of halogens is 1. The molecule has 0 bridgehead atoms. The van der Waals surface area contributed by atoms with Crippen molar-refractivity contribution >= 4 is 27.7 Å².